The fourth-order valence-corrected chi connectivity index (χ4v) is 6.75. The average Bonchev–Trinajstić information content (AvgIpc) is 3.14. The van der Waals surface area contributed by atoms with Gasteiger partial charge in [0.1, 0.15) is 32.4 Å². The van der Waals surface area contributed by atoms with Crippen molar-refractivity contribution >= 4 is 29.7 Å². The summed E-state index contributed by atoms with van der Waals surface area (Å²) in [5.74, 6) is -0.795. The molecule has 13 nitrogen and oxygen atoms in total. The third-order valence-corrected chi connectivity index (χ3v) is 10.5. The van der Waals surface area contributed by atoms with E-state index in [1.165, 1.54) is 52.4 Å². The number of halogens is 2. The van der Waals surface area contributed by atoms with Gasteiger partial charge in [-0.2, -0.15) is 0 Å². The van der Waals surface area contributed by atoms with Crippen LogP contribution in [-0.4, -0.2) is 137 Å². The fourth-order valence-electron chi connectivity index (χ4n) is 6.75. The molecule has 15 heteroatoms. The smallest absolute Gasteiger partial charge is 0.362 e. The second-order valence-electron chi connectivity index (χ2n) is 17.7. The number of likely N-dealkylation sites (N-methyl/N-ethyl adjacent to an activating group) is 2. The van der Waals surface area contributed by atoms with Gasteiger partial charge in [-0.15, -0.1) is 0 Å². The molecule has 0 aliphatic heterocycles. The Hall–Kier alpha value is -2.45. The molecule has 0 aliphatic rings. The molecule has 2 unspecified atom stereocenters. The Morgan fingerprint density at radius 1 is 0.590 bits per heavy atom. The van der Waals surface area contributed by atoms with Crippen LogP contribution in [0.25, 0.3) is 0 Å². The van der Waals surface area contributed by atoms with Gasteiger partial charge in [-0.25, -0.2) is 4.79 Å². The number of carbonyl (C=O) groups excluding carboxylic acids is 5. The minimum absolute atomic E-state index is 0. The number of hydrogen-bond donors (Lipinski definition) is 3. The molecule has 3 N–H and O–H groups in total. The van der Waals surface area contributed by atoms with Crippen LogP contribution in [0.5, 0.6) is 0 Å². The van der Waals surface area contributed by atoms with Crippen molar-refractivity contribution < 1.29 is 77.1 Å². The lowest BCUT2D eigenvalue weighted by molar-refractivity contribution is -0.883. The van der Waals surface area contributed by atoms with E-state index in [2.05, 4.69) is 23.6 Å². The fraction of sp³-hybridized carbons (Fsp3) is 0.848. The zero-order valence-corrected chi connectivity index (χ0v) is 40.9. The highest BCUT2D eigenvalue weighted by Gasteiger charge is 2.27. The van der Waals surface area contributed by atoms with Crippen LogP contribution in [0.15, 0.2) is 12.2 Å². The Bertz CT molecular complexity index is 1170. The Morgan fingerprint density at radius 3 is 1.56 bits per heavy atom. The molecule has 0 saturated carbocycles. The molecular weight excluding hydrogens is 823 g/mol. The molecule has 2 atom stereocenters. The molecule has 360 valence electrons. The Kier molecular flexibility index (Phi) is 41.6. The Labute approximate surface area is 383 Å². The summed E-state index contributed by atoms with van der Waals surface area (Å²) in [6, 6.07) is 0. The minimum atomic E-state index is -0.750. The largest absolute Gasteiger partial charge is 1.00 e. The quantitative estimate of drug-likeness (QED) is 0.0269. The molecule has 0 saturated heterocycles. The van der Waals surface area contributed by atoms with E-state index in [1.54, 1.807) is 0 Å². The normalized spacial score (nSPS) is 12.5. The van der Waals surface area contributed by atoms with E-state index in [0.29, 0.717) is 61.0 Å². The lowest BCUT2D eigenvalue weighted by Gasteiger charge is -2.30. The molecule has 0 heterocycles. The maximum absolute atomic E-state index is 12.7. The summed E-state index contributed by atoms with van der Waals surface area (Å²) in [7, 11) is 7.71. The van der Waals surface area contributed by atoms with Gasteiger partial charge in [0.05, 0.1) is 34.3 Å². The lowest BCUT2D eigenvalue weighted by atomic mass is 10.0. The van der Waals surface area contributed by atoms with Crippen LogP contribution in [0, 0.1) is 0 Å². The number of ether oxygens (including phenoxy) is 3. The summed E-state index contributed by atoms with van der Waals surface area (Å²) in [5, 5.41) is 17.0. The summed E-state index contributed by atoms with van der Waals surface area (Å²) < 4.78 is 16.6. The number of rotatable bonds is 39. The first kappa shape index (κ1) is 62.8. The molecule has 0 bridgehead atoms. The van der Waals surface area contributed by atoms with Gasteiger partial charge in [-0.1, -0.05) is 103 Å². The summed E-state index contributed by atoms with van der Waals surface area (Å²) in [6.07, 6.45) is 25.3. The summed E-state index contributed by atoms with van der Waals surface area (Å²) in [6.45, 7) is 8.53. The molecule has 0 aromatic rings. The maximum Gasteiger partial charge on any atom is 0.362 e. The van der Waals surface area contributed by atoms with Gasteiger partial charge in [0.15, 0.2) is 13.1 Å². The first-order valence-corrected chi connectivity index (χ1v) is 23.0. The van der Waals surface area contributed by atoms with Crippen molar-refractivity contribution in [3.63, 3.8) is 0 Å². The zero-order chi connectivity index (χ0) is 44.2. The third kappa shape index (κ3) is 42.6. The Balaban J connectivity index is -0.0000168. The predicted molar refractivity (Wildman–Crippen MR) is 235 cm³/mol. The van der Waals surface area contributed by atoms with Crippen LogP contribution in [-0.2, 0) is 38.2 Å². The van der Waals surface area contributed by atoms with E-state index >= 15 is 0 Å². The molecule has 2 amide bonds. The van der Waals surface area contributed by atoms with Crippen molar-refractivity contribution in [1.29, 1.82) is 0 Å². The first-order valence-electron chi connectivity index (χ1n) is 23.0. The topological polar surface area (TPSA) is 157 Å². The maximum atomic E-state index is 12.7. The van der Waals surface area contributed by atoms with Crippen molar-refractivity contribution in [3.8, 4) is 0 Å². The van der Waals surface area contributed by atoms with Gasteiger partial charge in [0, 0.05) is 33.4 Å². The van der Waals surface area contributed by atoms with Crippen LogP contribution >= 0.6 is 0 Å². The van der Waals surface area contributed by atoms with E-state index in [4.69, 9.17) is 14.2 Å². The van der Waals surface area contributed by atoms with E-state index in [0.717, 1.165) is 90.0 Å². The second-order valence-corrected chi connectivity index (χ2v) is 17.7. The average molecular weight is 912 g/mol. The third-order valence-electron chi connectivity index (χ3n) is 10.5. The summed E-state index contributed by atoms with van der Waals surface area (Å²) >= 11 is 0. The number of aliphatic hydroxyl groups excluding tert-OH is 1. The van der Waals surface area contributed by atoms with Crippen molar-refractivity contribution in [2.75, 3.05) is 80.7 Å². The van der Waals surface area contributed by atoms with Gasteiger partial charge in [0.25, 0.3) is 5.91 Å². The van der Waals surface area contributed by atoms with Gasteiger partial charge >= 0.3 is 17.9 Å². The molecule has 0 rings (SSSR count). The summed E-state index contributed by atoms with van der Waals surface area (Å²) in [4.78, 5) is 59.2. The van der Waals surface area contributed by atoms with Crippen molar-refractivity contribution in [2.45, 2.75) is 174 Å². The van der Waals surface area contributed by atoms with Crippen LogP contribution in [0.3, 0.4) is 0 Å². The molecule has 0 spiro atoms. The van der Waals surface area contributed by atoms with Crippen LogP contribution < -0.4 is 35.4 Å². The number of unbranched alkanes of at least 4 members (excludes halogenated alkanes) is 16. The number of aliphatic hydroxyl groups is 1. The minimum Gasteiger partial charge on any atom is -1.00 e. The van der Waals surface area contributed by atoms with Crippen LogP contribution in [0.1, 0.15) is 162 Å². The molecular formula is C46H88Cl2N4O9. The van der Waals surface area contributed by atoms with Gasteiger partial charge in [-0.05, 0) is 51.4 Å². The van der Waals surface area contributed by atoms with Crippen LogP contribution in [0.4, 0.5) is 0 Å². The number of nitrogens with one attached hydrogen (secondary N) is 2. The van der Waals surface area contributed by atoms with E-state index in [9.17, 15) is 29.1 Å². The number of allylic oxidation sites excluding steroid dienone is 1. The van der Waals surface area contributed by atoms with E-state index < -0.39 is 12.2 Å². The Morgan fingerprint density at radius 2 is 1.05 bits per heavy atom. The monoisotopic (exact) mass is 911 g/mol. The highest BCUT2D eigenvalue weighted by Crippen LogP contribution is 2.16. The standard InChI is InChI=1S/C46H86N4O9.2ClH/c1-8-9-24-30-43(59-46(56)39-50(6,7)35-37-58-41(3)52)42(53)29-25-20-16-12-13-17-21-26-31-44(54)47-32-27-22-18-14-10-11-15-19-23-28-33-48-45(55)38-49(4,5)34-36-57-40(2)51;;/h20,25,42-43,53H,8-19,21-24,26-39H2,1-7H3;2*1H/b25-20-;;. The van der Waals surface area contributed by atoms with E-state index in [1.807, 2.05) is 34.3 Å². The predicted octanol–water partition coefficient (Wildman–Crippen LogP) is 0.937. The molecule has 61 heavy (non-hydrogen) atoms. The van der Waals surface area contributed by atoms with Gasteiger partial charge < -0.3 is 63.7 Å². The molecule has 0 aromatic carbocycles. The van der Waals surface area contributed by atoms with Gasteiger partial charge in [0.2, 0.25) is 5.91 Å². The van der Waals surface area contributed by atoms with Gasteiger partial charge in [-0.3, -0.25) is 19.2 Å². The number of esters is 3. The number of amides is 2. The van der Waals surface area contributed by atoms with Crippen molar-refractivity contribution in [1.82, 2.24) is 10.6 Å². The number of nitrogens with zero attached hydrogens (tertiary/aromatic N) is 2. The summed E-state index contributed by atoms with van der Waals surface area (Å²) in [5.41, 5.74) is 0. The number of quaternary nitrogens is 2. The SMILES string of the molecule is CCCCCC(OC(=O)C[N+](C)(C)CCOC(C)=O)C(O)C/C=C\CCCCCCCC(=O)NCCCCCCCCCCCCNC(=O)C[N+](C)(C)CCOC(C)=O.[Cl-].[Cl-]. The van der Waals surface area contributed by atoms with Crippen LogP contribution in [0.2, 0.25) is 0 Å². The second kappa shape index (κ2) is 40.3. The molecule has 0 radical (unpaired) electrons. The molecule has 0 aromatic heterocycles. The highest BCUT2D eigenvalue weighted by atomic mass is 35.5. The number of carbonyl (C=O) groups is 5. The molecule has 0 fully saturated rings. The van der Waals surface area contributed by atoms with Crippen molar-refractivity contribution in [3.05, 3.63) is 12.2 Å². The molecule has 0 aliphatic carbocycles. The van der Waals surface area contributed by atoms with E-state index in [-0.39, 0.29) is 67.7 Å². The van der Waals surface area contributed by atoms with Crippen molar-refractivity contribution in [2.24, 2.45) is 0 Å². The first-order chi connectivity index (χ1) is 28.1. The highest BCUT2D eigenvalue weighted by molar-refractivity contribution is 5.77. The number of hydrogen-bond acceptors (Lipinski definition) is 9. The lowest BCUT2D eigenvalue weighted by Crippen LogP contribution is -3.00. The zero-order valence-electron chi connectivity index (χ0n) is 39.4.